The summed E-state index contributed by atoms with van der Waals surface area (Å²) < 4.78 is 17.8. The Bertz CT molecular complexity index is 1200. The number of aryl methyl sites for hydroxylation is 1. The summed E-state index contributed by atoms with van der Waals surface area (Å²) in [6, 6.07) is 16.3. The standard InChI is InChI=1S/C26H28N4O5/c1-4-33-23(31)17-35-22-9-7-6-8-21(22)24-18(3)16-30(29-24)26(34-5-2)25(32)28-15-20-12-10-19(14-27)11-13-20/h6-13,16,26H,4-5,15,17H2,1-3H3,(H,28,32). The number of hydrogen-bond acceptors (Lipinski definition) is 7. The Kier molecular flexibility index (Phi) is 8.98. The molecule has 182 valence electrons. The van der Waals surface area contributed by atoms with Crippen LogP contribution in [0.5, 0.6) is 5.75 Å². The number of carbonyl (C=O) groups excluding carboxylic acids is 2. The normalized spacial score (nSPS) is 11.4. The maximum atomic E-state index is 13.0. The molecule has 1 atom stereocenters. The summed E-state index contributed by atoms with van der Waals surface area (Å²) in [5.41, 5.74) is 3.51. The largest absolute Gasteiger partial charge is 0.481 e. The lowest BCUT2D eigenvalue weighted by Crippen LogP contribution is -2.34. The summed E-state index contributed by atoms with van der Waals surface area (Å²) in [6.45, 7) is 6.06. The second-order valence-electron chi connectivity index (χ2n) is 7.56. The highest BCUT2D eigenvalue weighted by Gasteiger charge is 2.24. The zero-order valence-electron chi connectivity index (χ0n) is 20.0. The van der Waals surface area contributed by atoms with Gasteiger partial charge in [-0.1, -0.05) is 24.3 Å². The van der Waals surface area contributed by atoms with Crippen molar-refractivity contribution in [1.82, 2.24) is 15.1 Å². The fourth-order valence-electron chi connectivity index (χ4n) is 3.40. The zero-order chi connectivity index (χ0) is 25.2. The molecule has 0 aliphatic carbocycles. The summed E-state index contributed by atoms with van der Waals surface area (Å²) in [5, 5.41) is 16.4. The van der Waals surface area contributed by atoms with Crippen molar-refractivity contribution in [2.24, 2.45) is 0 Å². The second kappa shape index (κ2) is 12.3. The maximum absolute atomic E-state index is 13.0. The molecule has 0 fully saturated rings. The number of carbonyl (C=O) groups is 2. The molecule has 0 aliphatic rings. The van der Waals surface area contributed by atoms with E-state index in [0.717, 1.165) is 11.1 Å². The van der Waals surface area contributed by atoms with Gasteiger partial charge in [-0.25, -0.2) is 9.48 Å². The lowest BCUT2D eigenvalue weighted by atomic mass is 10.1. The van der Waals surface area contributed by atoms with Crippen LogP contribution in [0, 0.1) is 18.3 Å². The molecule has 3 aromatic rings. The SMILES string of the molecule is CCOC(=O)COc1ccccc1-c1nn(C(OCC)C(=O)NCc2ccc(C#N)cc2)cc1C. The van der Waals surface area contributed by atoms with Gasteiger partial charge in [0.05, 0.1) is 23.9 Å². The highest BCUT2D eigenvalue weighted by atomic mass is 16.6. The van der Waals surface area contributed by atoms with Crippen molar-refractivity contribution in [2.45, 2.75) is 33.5 Å². The molecule has 1 N–H and O–H groups in total. The monoisotopic (exact) mass is 476 g/mol. The molecule has 1 aromatic heterocycles. The predicted molar refractivity (Wildman–Crippen MR) is 128 cm³/mol. The third-order valence-electron chi connectivity index (χ3n) is 5.05. The molecule has 1 unspecified atom stereocenters. The van der Waals surface area contributed by atoms with Crippen molar-refractivity contribution >= 4 is 11.9 Å². The summed E-state index contributed by atoms with van der Waals surface area (Å²) in [5.74, 6) is -0.330. The lowest BCUT2D eigenvalue weighted by Gasteiger charge is -2.17. The van der Waals surface area contributed by atoms with Gasteiger partial charge in [-0.05, 0) is 56.2 Å². The van der Waals surface area contributed by atoms with Crippen LogP contribution >= 0.6 is 0 Å². The van der Waals surface area contributed by atoms with Crippen LogP contribution in [-0.4, -0.2) is 41.5 Å². The number of amides is 1. The van der Waals surface area contributed by atoms with E-state index >= 15 is 0 Å². The number of hydrogen-bond donors (Lipinski definition) is 1. The minimum absolute atomic E-state index is 0.218. The summed E-state index contributed by atoms with van der Waals surface area (Å²) in [4.78, 5) is 24.7. The number of nitrogens with zero attached hydrogens (tertiary/aromatic N) is 3. The van der Waals surface area contributed by atoms with Crippen LogP contribution in [0.15, 0.2) is 54.7 Å². The molecule has 0 saturated heterocycles. The number of benzene rings is 2. The van der Waals surface area contributed by atoms with E-state index in [0.29, 0.717) is 29.2 Å². The topological polar surface area (TPSA) is 115 Å². The Labute approximate surface area is 204 Å². The third kappa shape index (κ3) is 6.68. The van der Waals surface area contributed by atoms with Gasteiger partial charge >= 0.3 is 5.97 Å². The van der Waals surface area contributed by atoms with Crippen LogP contribution in [0.4, 0.5) is 0 Å². The number of nitrogens with one attached hydrogen (secondary N) is 1. The molecule has 0 saturated carbocycles. The van der Waals surface area contributed by atoms with Gasteiger partial charge in [-0.15, -0.1) is 0 Å². The van der Waals surface area contributed by atoms with E-state index in [4.69, 9.17) is 19.5 Å². The first-order chi connectivity index (χ1) is 17.0. The molecule has 0 aliphatic heterocycles. The van der Waals surface area contributed by atoms with Gasteiger partial charge in [0.2, 0.25) is 6.23 Å². The van der Waals surface area contributed by atoms with E-state index in [9.17, 15) is 9.59 Å². The van der Waals surface area contributed by atoms with Crippen LogP contribution in [0.25, 0.3) is 11.3 Å². The molecule has 9 heteroatoms. The van der Waals surface area contributed by atoms with Crippen molar-refractivity contribution in [3.63, 3.8) is 0 Å². The predicted octanol–water partition coefficient (Wildman–Crippen LogP) is 3.52. The number of esters is 1. The fraction of sp³-hybridized carbons (Fsp3) is 0.308. The van der Waals surface area contributed by atoms with Gasteiger partial charge in [0, 0.05) is 24.9 Å². The molecule has 0 spiro atoms. The molecule has 0 bridgehead atoms. The molecular formula is C26H28N4O5. The van der Waals surface area contributed by atoms with E-state index < -0.39 is 12.2 Å². The highest BCUT2D eigenvalue weighted by molar-refractivity contribution is 5.79. The smallest absolute Gasteiger partial charge is 0.344 e. The van der Waals surface area contributed by atoms with Crippen LogP contribution in [0.2, 0.25) is 0 Å². The van der Waals surface area contributed by atoms with Crippen molar-refractivity contribution in [2.75, 3.05) is 19.8 Å². The highest BCUT2D eigenvalue weighted by Crippen LogP contribution is 2.31. The molecule has 9 nitrogen and oxygen atoms in total. The van der Waals surface area contributed by atoms with E-state index in [1.54, 1.807) is 56.4 Å². The summed E-state index contributed by atoms with van der Waals surface area (Å²) in [6.07, 6.45) is 0.762. The van der Waals surface area contributed by atoms with Crippen molar-refractivity contribution < 1.29 is 23.8 Å². The van der Waals surface area contributed by atoms with Gasteiger partial charge in [-0.3, -0.25) is 4.79 Å². The summed E-state index contributed by atoms with van der Waals surface area (Å²) >= 11 is 0. The molecule has 2 aromatic carbocycles. The van der Waals surface area contributed by atoms with Crippen LogP contribution in [0.3, 0.4) is 0 Å². The number of ether oxygens (including phenoxy) is 3. The lowest BCUT2D eigenvalue weighted by molar-refractivity contribution is -0.145. The average molecular weight is 477 g/mol. The molecule has 0 radical (unpaired) electrons. The van der Waals surface area contributed by atoms with Gasteiger partial charge in [0.1, 0.15) is 5.75 Å². The first kappa shape index (κ1) is 25.5. The molecule has 35 heavy (non-hydrogen) atoms. The van der Waals surface area contributed by atoms with Gasteiger partial charge in [0.15, 0.2) is 6.61 Å². The molecule has 1 heterocycles. The van der Waals surface area contributed by atoms with Gasteiger partial charge in [-0.2, -0.15) is 10.4 Å². The molecule has 3 rings (SSSR count). The van der Waals surface area contributed by atoms with E-state index in [1.165, 1.54) is 4.68 Å². The third-order valence-corrected chi connectivity index (χ3v) is 5.05. The quantitative estimate of drug-likeness (QED) is 0.421. The van der Waals surface area contributed by atoms with E-state index in [-0.39, 0.29) is 25.7 Å². The Hall–Kier alpha value is -4.16. The van der Waals surface area contributed by atoms with Gasteiger partial charge < -0.3 is 19.5 Å². The maximum Gasteiger partial charge on any atom is 0.344 e. The number of aromatic nitrogens is 2. The van der Waals surface area contributed by atoms with E-state index in [2.05, 4.69) is 16.5 Å². The Balaban J connectivity index is 1.78. The number of para-hydroxylation sites is 1. The van der Waals surface area contributed by atoms with Crippen molar-refractivity contribution in [3.8, 4) is 23.1 Å². The fourth-order valence-corrected chi connectivity index (χ4v) is 3.40. The van der Waals surface area contributed by atoms with Crippen molar-refractivity contribution in [1.29, 1.82) is 5.26 Å². The minimum Gasteiger partial charge on any atom is -0.481 e. The van der Waals surface area contributed by atoms with Crippen LogP contribution in [-0.2, 0) is 25.6 Å². The second-order valence-corrected chi connectivity index (χ2v) is 7.56. The number of rotatable bonds is 11. The van der Waals surface area contributed by atoms with Gasteiger partial charge in [0.25, 0.3) is 5.91 Å². The van der Waals surface area contributed by atoms with Crippen molar-refractivity contribution in [3.05, 3.63) is 71.4 Å². The molecular weight excluding hydrogens is 448 g/mol. The summed E-state index contributed by atoms with van der Waals surface area (Å²) in [7, 11) is 0. The first-order valence-corrected chi connectivity index (χ1v) is 11.3. The first-order valence-electron chi connectivity index (χ1n) is 11.3. The Morgan fingerprint density at radius 3 is 2.54 bits per heavy atom. The minimum atomic E-state index is -0.974. The Morgan fingerprint density at radius 1 is 1.11 bits per heavy atom. The Morgan fingerprint density at radius 2 is 1.86 bits per heavy atom. The molecule has 1 amide bonds. The number of nitriles is 1. The average Bonchev–Trinajstić information content (AvgIpc) is 3.26. The van der Waals surface area contributed by atoms with Crippen LogP contribution < -0.4 is 10.1 Å². The van der Waals surface area contributed by atoms with E-state index in [1.807, 2.05) is 19.1 Å². The zero-order valence-corrected chi connectivity index (χ0v) is 20.0. The van der Waals surface area contributed by atoms with Crippen LogP contribution in [0.1, 0.15) is 36.8 Å².